The van der Waals surface area contributed by atoms with E-state index >= 15 is 0 Å². The number of nitrogens with one attached hydrogen (secondary N) is 2. The highest BCUT2D eigenvalue weighted by atomic mass is 16.3. The Labute approximate surface area is 174 Å². The molecule has 1 aromatic heterocycles. The minimum absolute atomic E-state index is 0.0652. The van der Waals surface area contributed by atoms with Crippen LogP contribution in [0.5, 0.6) is 0 Å². The van der Waals surface area contributed by atoms with E-state index in [1.54, 1.807) is 18.2 Å². The molecular formula is C25H22N2O3. The highest BCUT2D eigenvalue weighted by Gasteiger charge is 2.23. The summed E-state index contributed by atoms with van der Waals surface area (Å²) in [6, 6.07) is 20.2. The average Bonchev–Trinajstić information content (AvgIpc) is 3.09. The summed E-state index contributed by atoms with van der Waals surface area (Å²) in [7, 11) is 0. The molecule has 4 rings (SSSR count). The third-order valence-electron chi connectivity index (χ3n) is 5.09. The highest BCUT2D eigenvalue weighted by molar-refractivity contribution is 6.16. The van der Waals surface area contributed by atoms with Crippen molar-refractivity contribution in [3.63, 3.8) is 0 Å². The normalized spacial score (nSPS) is 10.8. The quantitative estimate of drug-likeness (QED) is 0.452. The smallest absolute Gasteiger partial charge is 0.293 e. The Bertz CT molecular complexity index is 1270. The van der Waals surface area contributed by atoms with Crippen LogP contribution in [0.2, 0.25) is 0 Å². The first-order valence-electron chi connectivity index (χ1n) is 9.70. The lowest BCUT2D eigenvalue weighted by Crippen LogP contribution is -2.17. The van der Waals surface area contributed by atoms with Crippen molar-refractivity contribution in [1.29, 1.82) is 0 Å². The van der Waals surface area contributed by atoms with E-state index in [2.05, 4.69) is 10.6 Å². The molecule has 0 aliphatic carbocycles. The van der Waals surface area contributed by atoms with E-state index in [0.29, 0.717) is 27.9 Å². The molecule has 150 valence electrons. The molecule has 0 spiro atoms. The lowest BCUT2D eigenvalue weighted by Gasteiger charge is -2.09. The molecule has 2 N–H and O–H groups in total. The van der Waals surface area contributed by atoms with E-state index in [4.69, 9.17) is 4.42 Å². The van der Waals surface area contributed by atoms with Gasteiger partial charge in [-0.1, -0.05) is 35.9 Å². The number of carbonyl (C=O) groups excluding carboxylic acids is 2. The molecule has 0 saturated carbocycles. The Morgan fingerprint density at radius 3 is 2.33 bits per heavy atom. The van der Waals surface area contributed by atoms with Gasteiger partial charge in [0, 0.05) is 16.6 Å². The van der Waals surface area contributed by atoms with E-state index in [0.717, 1.165) is 16.7 Å². The second-order valence-corrected chi connectivity index (χ2v) is 7.38. The van der Waals surface area contributed by atoms with Crippen molar-refractivity contribution in [3.05, 3.63) is 94.7 Å². The zero-order valence-corrected chi connectivity index (χ0v) is 17.1. The highest BCUT2D eigenvalue weighted by Crippen LogP contribution is 2.32. The molecular weight excluding hydrogens is 376 g/mol. The fourth-order valence-electron chi connectivity index (χ4n) is 3.31. The number of aryl methyl sites for hydroxylation is 3. The summed E-state index contributed by atoms with van der Waals surface area (Å²) >= 11 is 0. The van der Waals surface area contributed by atoms with Gasteiger partial charge in [0.1, 0.15) is 11.3 Å². The van der Waals surface area contributed by atoms with Crippen molar-refractivity contribution in [2.75, 3.05) is 10.6 Å². The van der Waals surface area contributed by atoms with Crippen molar-refractivity contribution < 1.29 is 14.0 Å². The lowest BCUT2D eigenvalue weighted by molar-refractivity contribution is 0.0999. The summed E-state index contributed by atoms with van der Waals surface area (Å²) in [5, 5.41) is 6.41. The number of amides is 2. The predicted octanol–water partition coefficient (Wildman–Crippen LogP) is 5.86. The minimum Gasteiger partial charge on any atom is -0.449 e. The van der Waals surface area contributed by atoms with Crippen LogP contribution in [0.1, 0.15) is 37.6 Å². The van der Waals surface area contributed by atoms with Gasteiger partial charge in [-0.2, -0.15) is 0 Å². The first kappa shape index (κ1) is 19.5. The molecule has 0 unspecified atom stereocenters. The molecule has 0 aliphatic rings. The van der Waals surface area contributed by atoms with Gasteiger partial charge in [0.05, 0.1) is 0 Å². The van der Waals surface area contributed by atoms with Crippen molar-refractivity contribution in [1.82, 2.24) is 0 Å². The van der Waals surface area contributed by atoms with Crippen LogP contribution in [-0.2, 0) is 0 Å². The number of hydrogen-bond donors (Lipinski definition) is 2. The number of hydrogen-bond acceptors (Lipinski definition) is 3. The van der Waals surface area contributed by atoms with Crippen LogP contribution in [0.4, 0.5) is 11.4 Å². The van der Waals surface area contributed by atoms with Crippen LogP contribution >= 0.6 is 0 Å². The zero-order valence-electron chi connectivity index (χ0n) is 17.1. The van der Waals surface area contributed by atoms with Gasteiger partial charge in [0.25, 0.3) is 11.8 Å². The van der Waals surface area contributed by atoms with Crippen molar-refractivity contribution in [2.24, 2.45) is 0 Å². The van der Waals surface area contributed by atoms with Gasteiger partial charge in [-0.25, -0.2) is 0 Å². The number of benzene rings is 3. The standard InChI is InChI=1S/C25H22N2O3/c1-15-7-6-8-18(13-15)24(28)27-22-20-9-4-5-10-21(20)30-23(22)25(29)26-19-12-11-16(2)17(3)14-19/h4-14H,1-3H3,(H,26,29)(H,27,28). The van der Waals surface area contributed by atoms with Gasteiger partial charge in [0.15, 0.2) is 0 Å². The molecule has 30 heavy (non-hydrogen) atoms. The lowest BCUT2D eigenvalue weighted by atomic mass is 10.1. The largest absolute Gasteiger partial charge is 0.449 e. The maximum absolute atomic E-state index is 13.0. The molecule has 2 amide bonds. The minimum atomic E-state index is -0.422. The Kier molecular flexibility index (Phi) is 5.11. The molecule has 0 fully saturated rings. The maximum Gasteiger partial charge on any atom is 0.293 e. The van der Waals surface area contributed by atoms with E-state index in [-0.39, 0.29) is 11.7 Å². The molecule has 5 heteroatoms. The molecule has 0 bridgehead atoms. The summed E-state index contributed by atoms with van der Waals surface area (Å²) in [6.45, 7) is 5.92. The Hall–Kier alpha value is -3.86. The van der Waals surface area contributed by atoms with Gasteiger partial charge in [-0.15, -0.1) is 0 Å². The molecule has 0 aliphatic heterocycles. The molecule has 0 saturated heterocycles. The molecule has 5 nitrogen and oxygen atoms in total. The third kappa shape index (κ3) is 3.82. The Morgan fingerprint density at radius 1 is 0.767 bits per heavy atom. The SMILES string of the molecule is Cc1cccc(C(=O)Nc2c(C(=O)Nc3ccc(C)c(C)c3)oc3ccccc23)c1. The van der Waals surface area contributed by atoms with Crippen LogP contribution in [0.15, 0.2) is 71.1 Å². The fourth-order valence-corrected chi connectivity index (χ4v) is 3.31. The number of fused-ring (bicyclic) bond motifs is 1. The predicted molar refractivity (Wildman–Crippen MR) is 119 cm³/mol. The topological polar surface area (TPSA) is 71.3 Å². The Balaban J connectivity index is 1.70. The second-order valence-electron chi connectivity index (χ2n) is 7.38. The van der Waals surface area contributed by atoms with Crippen LogP contribution in [0, 0.1) is 20.8 Å². The van der Waals surface area contributed by atoms with Gasteiger partial charge in [-0.3, -0.25) is 9.59 Å². The maximum atomic E-state index is 13.0. The van der Waals surface area contributed by atoms with E-state index in [1.807, 2.05) is 69.3 Å². The summed E-state index contributed by atoms with van der Waals surface area (Å²) < 4.78 is 5.82. The van der Waals surface area contributed by atoms with E-state index < -0.39 is 5.91 Å². The first-order valence-corrected chi connectivity index (χ1v) is 9.70. The van der Waals surface area contributed by atoms with Crippen molar-refractivity contribution in [2.45, 2.75) is 20.8 Å². The first-order chi connectivity index (χ1) is 14.4. The van der Waals surface area contributed by atoms with Gasteiger partial charge in [-0.05, 0) is 68.3 Å². The monoisotopic (exact) mass is 398 g/mol. The van der Waals surface area contributed by atoms with Gasteiger partial charge >= 0.3 is 0 Å². The summed E-state index contributed by atoms with van der Waals surface area (Å²) in [4.78, 5) is 25.9. The van der Waals surface area contributed by atoms with Crippen molar-refractivity contribution in [3.8, 4) is 0 Å². The number of furan rings is 1. The van der Waals surface area contributed by atoms with Gasteiger partial charge in [0.2, 0.25) is 5.76 Å². The zero-order chi connectivity index (χ0) is 21.3. The van der Waals surface area contributed by atoms with E-state index in [1.165, 1.54) is 0 Å². The Morgan fingerprint density at radius 2 is 1.57 bits per heavy atom. The molecule has 1 heterocycles. The fraction of sp³-hybridized carbons (Fsp3) is 0.120. The van der Waals surface area contributed by atoms with Gasteiger partial charge < -0.3 is 15.1 Å². The average molecular weight is 398 g/mol. The molecule has 0 radical (unpaired) electrons. The van der Waals surface area contributed by atoms with Crippen LogP contribution in [-0.4, -0.2) is 11.8 Å². The molecule has 3 aromatic carbocycles. The number of rotatable bonds is 4. The third-order valence-corrected chi connectivity index (χ3v) is 5.09. The summed E-state index contributed by atoms with van der Waals surface area (Å²) in [6.07, 6.45) is 0. The van der Waals surface area contributed by atoms with Crippen molar-refractivity contribution >= 4 is 34.2 Å². The number of para-hydroxylation sites is 1. The van der Waals surface area contributed by atoms with Crippen LogP contribution in [0.3, 0.4) is 0 Å². The summed E-state index contributed by atoms with van der Waals surface area (Å²) in [5.41, 5.74) is 5.27. The molecule has 4 aromatic rings. The van der Waals surface area contributed by atoms with Crippen LogP contribution < -0.4 is 10.6 Å². The number of anilines is 2. The second kappa shape index (κ2) is 7.87. The van der Waals surface area contributed by atoms with E-state index in [9.17, 15) is 9.59 Å². The van der Waals surface area contributed by atoms with Crippen LogP contribution in [0.25, 0.3) is 11.0 Å². The summed E-state index contributed by atoms with van der Waals surface area (Å²) in [5.74, 6) is -0.657. The number of carbonyl (C=O) groups is 2. The molecule has 0 atom stereocenters.